The highest BCUT2D eigenvalue weighted by Crippen LogP contribution is 2.31. The molecule has 78 valence electrons. The fourth-order valence-electron chi connectivity index (χ4n) is 1.93. The number of nitrogens with zero attached hydrogens (tertiary/aromatic N) is 1. The molecule has 0 aliphatic carbocycles. The summed E-state index contributed by atoms with van der Waals surface area (Å²) in [4.78, 5) is 0. The maximum absolute atomic E-state index is 9.05. The molecule has 0 spiro atoms. The molecule has 1 aromatic carbocycles. The maximum Gasteiger partial charge on any atom is 0.0664 e. The lowest BCUT2D eigenvalue weighted by Gasteiger charge is -2.27. The van der Waals surface area contributed by atoms with Gasteiger partial charge < -0.3 is 4.74 Å². The van der Waals surface area contributed by atoms with Gasteiger partial charge in [0.15, 0.2) is 0 Å². The molecule has 3 heteroatoms. The van der Waals surface area contributed by atoms with Gasteiger partial charge in [-0.15, -0.1) is 0 Å². The van der Waals surface area contributed by atoms with Crippen LogP contribution in [0.1, 0.15) is 17.9 Å². The summed E-state index contributed by atoms with van der Waals surface area (Å²) in [5, 5.41) is 9.77. The first-order valence-electron chi connectivity index (χ1n) is 5.04. The fraction of sp³-hybridized carbons (Fsp3) is 0.417. The topological polar surface area (TPSA) is 33.0 Å². The highest BCUT2D eigenvalue weighted by Gasteiger charge is 2.26. The molecule has 1 aromatic rings. The number of benzene rings is 1. The van der Waals surface area contributed by atoms with Crippen molar-refractivity contribution in [2.45, 2.75) is 12.3 Å². The van der Waals surface area contributed by atoms with Crippen LogP contribution in [0.3, 0.4) is 0 Å². The molecule has 2 rings (SSSR count). The van der Waals surface area contributed by atoms with Gasteiger partial charge in [0.25, 0.3) is 0 Å². The Balaban J connectivity index is 2.21. The van der Waals surface area contributed by atoms with E-state index in [2.05, 4.69) is 6.07 Å². The van der Waals surface area contributed by atoms with Gasteiger partial charge in [-0.1, -0.05) is 23.7 Å². The second-order valence-corrected chi connectivity index (χ2v) is 4.19. The first kappa shape index (κ1) is 10.5. The van der Waals surface area contributed by atoms with Crippen LogP contribution in [0.15, 0.2) is 24.3 Å². The molecule has 2 unspecified atom stereocenters. The van der Waals surface area contributed by atoms with E-state index in [0.29, 0.717) is 13.2 Å². The smallest absolute Gasteiger partial charge is 0.0664 e. The van der Waals surface area contributed by atoms with Crippen molar-refractivity contribution in [1.29, 1.82) is 5.26 Å². The molecule has 2 atom stereocenters. The van der Waals surface area contributed by atoms with Crippen molar-refractivity contribution in [3.63, 3.8) is 0 Å². The third-order valence-electron chi connectivity index (χ3n) is 2.82. The van der Waals surface area contributed by atoms with Gasteiger partial charge in [0.1, 0.15) is 0 Å². The van der Waals surface area contributed by atoms with E-state index in [4.69, 9.17) is 21.6 Å². The van der Waals surface area contributed by atoms with Crippen LogP contribution in [0.4, 0.5) is 0 Å². The van der Waals surface area contributed by atoms with Crippen LogP contribution >= 0.6 is 11.6 Å². The Labute approximate surface area is 94.4 Å². The number of ether oxygens (including phenoxy) is 1. The molecule has 1 fully saturated rings. The zero-order chi connectivity index (χ0) is 10.7. The van der Waals surface area contributed by atoms with Crippen molar-refractivity contribution >= 4 is 11.6 Å². The highest BCUT2D eigenvalue weighted by atomic mass is 35.5. The summed E-state index contributed by atoms with van der Waals surface area (Å²) in [6.07, 6.45) is 0.823. The molecule has 0 saturated carbocycles. The minimum absolute atomic E-state index is 0.0694. The Bertz CT molecular complexity index is 368. The molecule has 0 bridgehead atoms. The van der Waals surface area contributed by atoms with Gasteiger partial charge in [0.05, 0.1) is 18.6 Å². The first-order chi connectivity index (χ1) is 7.31. The minimum Gasteiger partial charge on any atom is -0.381 e. The molecule has 0 amide bonds. The zero-order valence-electron chi connectivity index (χ0n) is 8.32. The van der Waals surface area contributed by atoms with Gasteiger partial charge in [0, 0.05) is 17.5 Å². The van der Waals surface area contributed by atoms with E-state index >= 15 is 0 Å². The average molecular weight is 222 g/mol. The lowest BCUT2D eigenvalue weighted by molar-refractivity contribution is 0.0618. The summed E-state index contributed by atoms with van der Waals surface area (Å²) >= 11 is 5.82. The van der Waals surface area contributed by atoms with Crippen LogP contribution in [0.5, 0.6) is 0 Å². The van der Waals surface area contributed by atoms with Crippen molar-refractivity contribution in [3.8, 4) is 6.07 Å². The lowest BCUT2D eigenvalue weighted by atomic mass is 9.84. The molecular weight excluding hydrogens is 210 g/mol. The Morgan fingerprint density at radius 3 is 2.73 bits per heavy atom. The largest absolute Gasteiger partial charge is 0.381 e. The van der Waals surface area contributed by atoms with Crippen LogP contribution in [-0.4, -0.2) is 13.2 Å². The van der Waals surface area contributed by atoms with Gasteiger partial charge in [-0.05, 0) is 24.1 Å². The SMILES string of the molecule is N#CC1CCOCC1c1ccc(Cl)cc1. The predicted molar refractivity (Wildman–Crippen MR) is 58.7 cm³/mol. The van der Waals surface area contributed by atoms with Crippen LogP contribution in [0.25, 0.3) is 0 Å². The molecule has 2 nitrogen and oxygen atoms in total. The third-order valence-corrected chi connectivity index (χ3v) is 3.07. The quantitative estimate of drug-likeness (QED) is 0.731. The number of halogens is 1. The van der Waals surface area contributed by atoms with Crippen LogP contribution in [-0.2, 0) is 4.74 Å². The molecule has 1 aliphatic heterocycles. The predicted octanol–water partition coefficient (Wildman–Crippen LogP) is 2.98. The van der Waals surface area contributed by atoms with Gasteiger partial charge >= 0.3 is 0 Å². The Morgan fingerprint density at radius 1 is 1.33 bits per heavy atom. The van der Waals surface area contributed by atoms with Crippen LogP contribution in [0, 0.1) is 17.2 Å². The van der Waals surface area contributed by atoms with Crippen molar-refractivity contribution in [2.75, 3.05) is 13.2 Å². The minimum atomic E-state index is 0.0694. The summed E-state index contributed by atoms with van der Waals surface area (Å²) in [5.74, 6) is 0.265. The summed E-state index contributed by atoms with van der Waals surface area (Å²) in [7, 11) is 0. The zero-order valence-corrected chi connectivity index (χ0v) is 9.07. The lowest BCUT2D eigenvalue weighted by Crippen LogP contribution is -2.24. The summed E-state index contributed by atoms with van der Waals surface area (Å²) < 4.78 is 5.41. The van der Waals surface area contributed by atoms with Crippen molar-refractivity contribution in [2.24, 2.45) is 5.92 Å². The van der Waals surface area contributed by atoms with E-state index < -0.39 is 0 Å². The summed E-state index contributed by atoms with van der Waals surface area (Å²) in [6.45, 7) is 1.34. The van der Waals surface area contributed by atoms with Gasteiger partial charge in [0.2, 0.25) is 0 Å². The van der Waals surface area contributed by atoms with Gasteiger partial charge in [-0.2, -0.15) is 5.26 Å². The molecule has 0 radical (unpaired) electrons. The Kier molecular flexibility index (Phi) is 3.25. The van der Waals surface area contributed by atoms with Gasteiger partial charge in [-0.25, -0.2) is 0 Å². The van der Waals surface area contributed by atoms with Crippen molar-refractivity contribution in [3.05, 3.63) is 34.9 Å². The normalized spacial score (nSPS) is 25.9. The molecule has 0 aromatic heterocycles. The second kappa shape index (κ2) is 4.65. The second-order valence-electron chi connectivity index (χ2n) is 3.76. The Hall–Kier alpha value is -1.04. The molecular formula is C12H12ClNO. The van der Waals surface area contributed by atoms with E-state index in [0.717, 1.165) is 17.0 Å². The van der Waals surface area contributed by atoms with Crippen LogP contribution in [0.2, 0.25) is 5.02 Å². The maximum atomic E-state index is 9.05. The van der Waals surface area contributed by atoms with Crippen LogP contribution < -0.4 is 0 Å². The molecule has 1 aliphatic rings. The monoisotopic (exact) mass is 221 g/mol. The van der Waals surface area contributed by atoms with E-state index in [1.54, 1.807) is 0 Å². The Morgan fingerprint density at radius 2 is 2.07 bits per heavy atom. The fourth-order valence-corrected chi connectivity index (χ4v) is 2.06. The molecule has 0 N–H and O–H groups in total. The summed E-state index contributed by atoms with van der Waals surface area (Å²) in [6, 6.07) is 10.0. The van der Waals surface area contributed by atoms with E-state index in [9.17, 15) is 0 Å². The first-order valence-corrected chi connectivity index (χ1v) is 5.42. The molecule has 15 heavy (non-hydrogen) atoms. The van der Waals surface area contributed by atoms with E-state index in [1.807, 2.05) is 24.3 Å². The standard InChI is InChI=1S/C12H12ClNO/c13-11-3-1-9(2-4-11)12-8-15-6-5-10(12)7-14/h1-4,10,12H,5-6,8H2. The molecule has 1 heterocycles. The number of nitriles is 1. The third kappa shape index (κ3) is 2.31. The van der Waals surface area contributed by atoms with E-state index in [-0.39, 0.29) is 11.8 Å². The van der Waals surface area contributed by atoms with Crippen molar-refractivity contribution in [1.82, 2.24) is 0 Å². The number of hydrogen-bond acceptors (Lipinski definition) is 2. The average Bonchev–Trinajstić information content (AvgIpc) is 2.30. The number of hydrogen-bond donors (Lipinski definition) is 0. The van der Waals surface area contributed by atoms with Crippen molar-refractivity contribution < 1.29 is 4.74 Å². The van der Waals surface area contributed by atoms with E-state index in [1.165, 1.54) is 0 Å². The number of rotatable bonds is 1. The van der Waals surface area contributed by atoms with Gasteiger partial charge in [-0.3, -0.25) is 0 Å². The highest BCUT2D eigenvalue weighted by molar-refractivity contribution is 6.30. The summed E-state index contributed by atoms with van der Waals surface area (Å²) in [5.41, 5.74) is 1.14. The molecule has 1 saturated heterocycles.